The molecule has 1 aliphatic heterocycles. The molecule has 3 heterocycles. The van der Waals surface area contributed by atoms with Gasteiger partial charge >= 0.3 is 0 Å². The summed E-state index contributed by atoms with van der Waals surface area (Å²) in [5.41, 5.74) is 6.38. The SMILES string of the molecule is CC1(C)CCC[C@@H](NC(=O)[C@@H]2[C@@H]3C[C@@H]3CN2C(=O)Cn2nc(C(N)=O)c3ccncc32)C1. The number of piperidine rings is 1. The lowest BCUT2D eigenvalue weighted by Crippen LogP contribution is -2.52. The van der Waals surface area contributed by atoms with Gasteiger partial charge in [0, 0.05) is 24.2 Å². The molecule has 170 valence electrons. The van der Waals surface area contributed by atoms with Crippen LogP contribution in [-0.2, 0) is 16.1 Å². The fourth-order valence-electron chi connectivity index (χ4n) is 5.71. The van der Waals surface area contributed by atoms with Gasteiger partial charge in [-0.3, -0.25) is 24.0 Å². The van der Waals surface area contributed by atoms with Crippen LogP contribution in [0.15, 0.2) is 18.5 Å². The molecule has 3 fully saturated rings. The molecular formula is C23H30N6O3. The molecule has 2 saturated carbocycles. The van der Waals surface area contributed by atoms with Gasteiger partial charge in [-0.25, -0.2) is 0 Å². The quantitative estimate of drug-likeness (QED) is 0.732. The van der Waals surface area contributed by atoms with Crippen molar-refractivity contribution in [2.24, 2.45) is 23.0 Å². The molecule has 0 unspecified atom stereocenters. The summed E-state index contributed by atoms with van der Waals surface area (Å²) in [5, 5.41) is 8.08. The first-order valence-corrected chi connectivity index (χ1v) is 11.4. The third-order valence-electron chi connectivity index (χ3n) is 7.36. The molecule has 9 nitrogen and oxygen atoms in total. The molecule has 0 radical (unpaired) electrons. The number of aromatic nitrogens is 3. The average molecular weight is 439 g/mol. The fourth-order valence-corrected chi connectivity index (χ4v) is 5.71. The Balaban J connectivity index is 1.32. The zero-order valence-electron chi connectivity index (χ0n) is 18.6. The number of primary amides is 1. The molecule has 0 spiro atoms. The zero-order valence-corrected chi connectivity index (χ0v) is 18.6. The predicted octanol–water partition coefficient (Wildman–Crippen LogP) is 1.46. The van der Waals surface area contributed by atoms with Crippen LogP contribution in [-0.4, -0.2) is 56.0 Å². The number of carbonyl (C=O) groups excluding carboxylic acids is 3. The molecule has 4 atom stereocenters. The first-order valence-electron chi connectivity index (χ1n) is 11.4. The van der Waals surface area contributed by atoms with Crippen LogP contribution in [0.5, 0.6) is 0 Å². The number of hydrogen-bond donors (Lipinski definition) is 2. The highest BCUT2D eigenvalue weighted by atomic mass is 16.2. The summed E-state index contributed by atoms with van der Waals surface area (Å²) in [6, 6.07) is 1.41. The Morgan fingerprint density at radius 1 is 1.31 bits per heavy atom. The van der Waals surface area contributed by atoms with Crippen LogP contribution in [0.25, 0.3) is 10.9 Å². The summed E-state index contributed by atoms with van der Waals surface area (Å²) in [6.45, 7) is 5.03. The van der Waals surface area contributed by atoms with Gasteiger partial charge in [-0.1, -0.05) is 20.3 Å². The Morgan fingerprint density at radius 3 is 2.88 bits per heavy atom. The van der Waals surface area contributed by atoms with E-state index in [2.05, 4.69) is 29.2 Å². The van der Waals surface area contributed by atoms with E-state index in [0.29, 0.717) is 23.4 Å². The molecule has 2 aromatic rings. The van der Waals surface area contributed by atoms with Gasteiger partial charge in [-0.2, -0.15) is 5.10 Å². The topological polar surface area (TPSA) is 123 Å². The maximum atomic E-state index is 13.3. The van der Waals surface area contributed by atoms with Gasteiger partial charge in [0.05, 0.1) is 11.7 Å². The minimum Gasteiger partial charge on any atom is -0.364 e. The Morgan fingerprint density at radius 2 is 2.12 bits per heavy atom. The van der Waals surface area contributed by atoms with Crippen LogP contribution in [0.3, 0.4) is 0 Å². The van der Waals surface area contributed by atoms with Crippen LogP contribution < -0.4 is 11.1 Å². The molecule has 32 heavy (non-hydrogen) atoms. The van der Waals surface area contributed by atoms with Gasteiger partial charge in [-0.05, 0) is 49.0 Å². The number of hydrogen-bond acceptors (Lipinski definition) is 5. The molecule has 3 N–H and O–H groups in total. The predicted molar refractivity (Wildman–Crippen MR) is 117 cm³/mol. The smallest absolute Gasteiger partial charge is 0.269 e. The van der Waals surface area contributed by atoms with E-state index in [4.69, 9.17) is 5.73 Å². The highest BCUT2D eigenvalue weighted by Crippen LogP contribution is 2.50. The Kier molecular flexibility index (Phi) is 4.94. The highest BCUT2D eigenvalue weighted by Gasteiger charge is 2.57. The van der Waals surface area contributed by atoms with Crippen molar-refractivity contribution in [1.29, 1.82) is 0 Å². The summed E-state index contributed by atoms with van der Waals surface area (Å²) < 4.78 is 1.47. The van der Waals surface area contributed by atoms with Gasteiger partial charge in [0.15, 0.2) is 5.69 Å². The van der Waals surface area contributed by atoms with Crippen LogP contribution in [0.2, 0.25) is 0 Å². The van der Waals surface area contributed by atoms with Crippen molar-refractivity contribution in [2.45, 2.75) is 64.6 Å². The Bertz CT molecular complexity index is 1090. The van der Waals surface area contributed by atoms with Crippen molar-refractivity contribution in [1.82, 2.24) is 25.0 Å². The number of likely N-dealkylation sites (tertiary alicyclic amines) is 1. The monoisotopic (exact) mass is 438 g/mol. The summed E-state index contributed by atoms with van der Waals surface area (Å²) in [6.07, 6.45) is 8.38. The summed E-state index contributed by atoms with van der Waals surface area (Å²) in [5.74, 6) is -0.216. The van der Waals surface area contributed by atoms with E-state index in [0.717, 1.165) is 25.7 Å². The molecule has 1 saturated heterocycles. The van der Waals surface area contributed by atoms with Crippen molar-refractivity contribution < 1.29 is 14.4 Å². The van der Waals surface area contributed by atoms with Crippen LogP contribution in [0, 0.1) is 17.3 Å². The van der Waals surface area contributed by atoms with Gasteiger partial charge in [0.25, 0.3) is 5.91 Å². The second-order valence-electron chi connectivity index (χ2n) is 10.4. The van der Waals surface area contributed by atoms with Crippen molar-refractivity contribution >= 4 is 28.6 Å². The fraction of sp³-hybridized carbons (Fsp3) is 0.609. The average Bonchev–Trinajstić information content (AvgIpc) is 3.23. The molecule has 2 aliphatic carbocycles. The third kappa shape index (κ3) is 3.73. The Labute approximate surface area is 186 Å². The van der Waals surface area contributed by atoms with Crippen LogP contribution >= 0.6 is 0 Å². The number of pyridine rings is 1. The van der Waals surface area contributed by atoms with Crippen LogP contribution in [0.4, 0.5) is 0 Å². The second-order valence-corrected chi connectivity index (χ2v) is 10.4. The van der Waals surface area contributed by atoms with E-state index < -0.39 is 11.9 Å². The van der Waals surface area contributed by atoms with E-state index >= 15 is 0 Å². The largest absolute Gasteiger partial charge is 0.364 e. The minimum absolute atomic E-state index is 0.0316. The number of rotatable bonds is 5. The maximum Gasteiger partial charge on any atom is 0.269 e. The zero-order chi connectivity index (χ0) is 22.6. The number of amides is 3. The lowest BCUT2D eigenvalue weighted by atomic mass is 9.75. The van der Waals surface area contributed by atoms with E-state index in [1.807, 2.05) is 0 Å². The van der Waals surface area contributed by atoms with E-state index in [-0.39, 0.29) is 41.4 Å². The minimum atomic E-state index is -0.650. The van der Waals surface area contributed by atoms with Gasteiger partial charge < -0.3 is 16.0 Å². The summed E-state index contributed by atoms with van der Waals surface area (Å²) in [7, 11) is 0. The summed E-state index contributed by atoms with van der Waals surface area (Å²) >= 11 is 0. The lowest BCUT2D eigenvalue weighted by Gasteiger charge is -2.37. The highest BCUT2D eigenvalue weighted by molar-refractivity contribution is 6.04. The third-order valence-corrected chi connectivity index (χ3v) is 7.36. The van der Waals surface area contributed by atoms with E-state index in [1.165, 1.54) is 11.1 Å². The normalized spacial score (nSPS) is 28.4. The number of carbonyl (C=O) groups is 3. The summed E-state index contributed by atoms with van der Waals surface area (Å²) in [4.78, 5) is 44.1. The maximum absolute atomic E-state index is 13.3. The standard InChI is InChI=1S/C23H30N6O3/c1-23(2)6-3-4-14(9-23)26-22(32)20-16-8-13(16)11-28(20)18(30)12-29-17-10-25-7-5-15(17)19(27-29)21(24)31/h5,7,10,13-14,16,20H,3-4,6,8-9,11-12H2,1-2H3,(H2,24,31)(H,26,32)/t13-,14-,16-,20+/m1/s1. The van der Waals surface area contributed by atoms with Crippen molar-refractivity contribution in [3.63, 3.8) is 0 Å². The first kappa shape index (κ1) is 20.9. The molecule has 3 amide bonds. The lowest BCUT2D eigenvalue weighted by molar-refractivity contribution is -0.140. The number of nitrogens with two attached hydrogens (primary N) is 1. The Hall–Kier alpha value is -2.97. The molecular weight excluding hydrogens is 408 g/mol. The van der Waals surface area contributed by atoms with E-state index in [9.17, 15) is 14.4 Å². The van der Waals surface area contributed by atoms with Gasteiger partial charge in [0.2, 0.25) is 11.8 Å². The number of nitrogens with zero attached hydrogens (tertiary/aromatic N) is 4. The van der Waals surface area contributed by atoms with Crippen LogP contribution in [0.1, 0.15) is 56.4 Å². The second kappa shape index (κ2) is 7.56. The van der Waals surface area contributed by atoms with Crippen molar-refractivity contribution in [3.05, 3.63) is 24.2 Å². The molecule has 0 aromatic carbocycles. The first-order chi connectivity index (χ1) is 15.2. The molecule has 3 aliphatic rings. The number of fused-ring (bicyclic) bond motifs is 2. The molecule has 0 bridgehead atoms. The number of nitrogens with one attached hydrogen (secondary N) is 1. The van der Waals surface area contributed by atoms with Gasteiger partial charge in [0.1, 0.15) is 12.6 Å². The molecule has 9 heteroatoms. The van der Waals surface area contributed by atoms with Gasteiger partial charge in [-0.15, -0.1) is 0 Å². The molecule has 2 aromatic heterocycles. The van der Waals surface area contributed by atoms with Crippen molar-refractivity contribution in [2.75, 3.05) is 6.54 Å². The van der Waals surface area contributed by atoms with Crippen molar-refractivity contribution in [3.8, 4) is 0 Å². The molecule has 5 rings (SSSR count). The van der Waals surface area contributed by atoms with E-state index in [1.54, 1.807) is 23.4 Å².